The summed E-state index contributed by atoms with van der Waals surface area (Å²) in [4.78, 5) is 36.7. The number of thioether (sulfide) groups is 1. The van der Waals surface area contributed by atoms with Gasteiger partial charge >= 0.3 is 5.97 Å². The van der Waals surface area contributed by atoms with Crippen LogP contribution in [-0.4, -0.2) is 27.1 Å². The van der Waals surface area contributed by atoms with E-state index in [1.807, 2.05) is 0 Å². The number of hydrogen-bond acceptors (Lipinski definition) is 6. The number of benzene rings is 2. The lowest BCUT2D eigenvalue weighted by Gasteiger charge is -2.07. The van der Waals surface area contributed by atoms with Crippen molar-refractivity contribution in [3.05, 3.63) is 73.4 Å². The molecular formula is C18H10BrClFN3O5S. The number of aliphatic imine (C=N–C) groups is 1. The molecule has 0 radical (unpaired) electrons. The van der Waals surface area contributed by atoms with Crippen LogP contribution in [0.4, 0.5) is 15.8 Å². The molecule has 2 aromatic carbocycles. The second kappa shape index (κ2) is 8.94. The minimum absolute atomic E-state index is 0.0213. The Bertz CT molecular complexity index is 1140. The first kappa shape index (κ1) is 21.9. The molecule has 1 aliphatic heterocycles. The Hall–Kier alpha value is -2.76. The summed E-state index contributed by atoms with van der Waals surface area (Å²) in [5.74, 6) is -2.47. The summed E-state index contributed by atoms with van der Waals surface area (Å²) in [7, 11) is 0. The molecular weight excluding hydrogens is 505 g/mol. The number of aliphatic carboxylic acids is 1. The zero-order valence-electron chi connectivity index (χ0n) is 14.6. The van der Waals surface area contributed by atoms with Gasteiger partial charge in [0.2, 0.25) is 0 Å². The second-order valence-electron chi connectivity index (χ2n) is 5.86. The molecule has 0 saturated carbocycles. The smallest absolute Gasteiger partial charge is 0.321 e. The van der Waals surface area contributed by atoms with Gasteiger partial charge in [-0.2, -0.15) is 0 Å². The van der Waals surface area contributed by atoms with Gasteiger partial charge in [0.1, 0.15) is 15.7 Å². The van der Waals surface area contributed by atoms with Gasteiger partial charge in [0, 0.05) is 11.6 Å². The Morgan fingerprint density at radius 2 is 2.10 bits per heavy atom. The maximum atomic E-state index is 14.2. The standard InChI is InChI=1S/C18H10BrClFN3O5S/c19-15(17(26)27)10-3-2-9(7-12(10)21)22-18-23-16(25)14(30-18)6-8-1-4-11(20)13(5-8)24(28)29/h1-7,15H,(H,26,27)(H,22,23,25)/b14-6-. The van der Waals surface area contributed by atoms with Gasteiger partial charge in [-0.05, 0) is 41.6 Å². The third kappa shape index (κ3) is 4.86. The highest BCUT2D eigenvalue weighted by Crippen LogP contribution is 2.32. The van der Waals surface area contributed by atoms with E-state index in [1.165, 1.54) is 36.4 Å². The Balaban J connectivity index is 1.84. The van der Waals surface area contributed by atoms with Crippen molar-refractivity contribution in [2.24, 2.45) is 4.99 Å². The fourth-order valence-electron chi connectivity index (χ4n) is 2.43. The average molecular weight is 515 g/mol. The second-order valence-corrected chi connectivity index (χ2v) is 8.21. The summed E-state index contributed by atoms with van der Waals surface area (Å²) in [6, 6.07) is 7.88. The van der Waals surface area contributed by atoms with E-state index >= 15 is 0 Å². The summed E-state index contributed by atoms with van der Waals surface area (Å²) in [6.07, 6.45) is 1.44. The Labute approximate surface area is 186 Å². The van der Waals surface area contributed by atoms with Gasteiger partial charge in [-0.3, -0.25) is 19.7 Å². The molecule has 3 rings (SSSR count). The number of alkyl halides is 1. The van der Waals surface area contributed by atoms with E-state index < -0.39 is 27.4 Å². The quantitative estimate of drug-likeness (QED) is 0.256. The number of nitrogens with zero attached hydrogens (tertiary/aromatic N) is 2. The molecule has 8 nitrogen and oxygen atoms in total. The number of rotatable bonds is 5. The van der Waals surface area contributed by atoms with E-state index in [4.69, 9.17) is 16.7 Å². The number of carbonyl (C=O) groups is 2. The number of nitro benzene ring substituents is 1. The van der Waals surface area contributed by atoms with Crippen LogP contribution >= 0.6 is 39.3 Å². The van der Waals surface area contributed by atoms with E-state index in [1.54, 1.807) is 0 Å². The molecule has 1 unspecified atom stereocenters. The van der Waals surface area contributed by atoms with Crippen LogP contribution in [0.2, 0.25) is 5.02 Å². The first-order valence-electron chi connectivity index (χ1n) is 8.05. The highest BCUT2D eigenvalue weighted by Gasteiger charge is 2.25. The van der Waals surface area contributed by atoms with Crippen molar-refractivity contribution in [2.45, 2.75) is 4.83 Å². The zero-order chi connectivity index (χ0) is 22.0. The fraction of sp³-hybridized carbons (Fsp3) is 0.0556. The van der Waals surface area contributed by atoms with Crippen molar-refractivity contribution >= 4 is 73.8 Å². The Morgan fingerprint density at radius 1 is 1.37 bits per heavy atom. The molecule has 1 saturated heterocycles. The number of amides is 1. The molecule has 0 aliphatic carbocycles. The van der Waals surface area contributed by atoms with Gasteiger partial charge in [-0.15, -0.1) is 0 Å². The first-order valence-corrected chi connectivity index (χ1v) is 10.2. The van der Waals surface area contributed by atoms with Crippen LogP contribution < -0.4 is 5.32 Å². The summed E-state index contributed by atoms with van der Waals surface area (Å²) in [6.45, 7) is 0. The molecule has 0 aromatic heterocycles. The molecule has 1 amide bonds. The van der Waals surface area contributed by atoms with Gasteiger partial charge in [0.05, 0.1) is 15.5 Å². The Kier molecular flexibility index (Phi) is 6.54. The maximum absolute atomic E-state index is 14.2. The van der Waals surface area contributed by atoms with E-state index in [0.29, 0.717) is 5.56 Å². The molecule has 1 heterocycles. The van der Waals surface area contributed by atoms with Crippen molar-refractivity contribution in [3.8, 4) is 0 Å². The number of carbonyl (C=O) groups excluding carboxylic acids is 1. The SMILES string of the molecule is O=C1NC(=Nc2ccc(C(Br)C(=O)O)c(F)c2)S/C1=C\c1ccc(Cl)c([N+](=O)[O-])c1. The average Bonchev–Trinajstić information content (AvgIpc) is 3.01. The van der Waals surface area contributed by atoms with Gasteiger partial charge in [-0.25, -0.2) is 9.38 Å². The van der Waals surface area contributed by atoms with E-state index in [2.05, 4.69) is 26.2 Å². The molecule has 2 aromatic rings. The monoisotopic (exact) mass is 513 g/mol. The van der Waals surface area contributed by atoms with Crippen molar-refractivity contribution in [3.63, 3.8) is 0 Å². The lowest BCUT2D eigenvalue weighted by Crippen LogP contribution is -2.19. The van der Waals surface area contributed by atoms with Crippen LogP contribution in [0.1, 0.15) is 16.0 Å². The topological polar surface area (TPSA) is 122 Å². The number of halogens is 3. The molecule has 0 spiro atoms. The summed E-state index contributed by atoms with van der Waals surface area (Å²) < 4.78 is 14.2. The van der Waals surface area contributed by atoms with Gasteiger partial charge in [0.15, 0.2) is 5.17 Å². The third-order valence-corrected chi connectivity index (χ3v) is 5.93. The molecule has 0 bridgehead atoms. The van der Waals surface area contributed by atoms with Crippen LogP contribution in [0.25, 0.3) is 6.08 Å². The first-order chi connectivity index (χ1) is 14.2. The summed E-state index contributed by atoms with van der Waals surface area (Å²) in [5, 5.41) is 22.6. The molecule has 30 heavy (non-hydrogen) atoms. The van der Waals surface area contributed by atoms with Crippen LogP contribution in [0, 0.1) is 15.9 Å². The number of carboxylic acid groups (broad SMARTS) is 1. The van der Waals surface area contributed by atoms with Crippen molar-refractivity contribution in [2.75, 3.05) is 0 Å². The fourth-order valence-corrected chi connectivity index (χ4v) is 3.83. The number of amidine groups is 1. The summed E-state index contributed by atoms with van der Waals surface area (Å²) >= 11 is 9.63. The lowest BCUT2D eigenvalue weighted by molar-refractivity contribution is -0.384. The van der Waals surface area contributed by atoms with Crippen LogP contribution in [0.5, 0.6) is 0 Å². The van der Waals surface area contributed by atoms with Crippen LogP contribution in [0.15, 0.2) is 46.3 Å². The number of carboxylic acids is 1. The van der Waals surface area contributed by atoms with Crippen molar-refractivity contribution < 1.29 is 24.0 Å². The van der Waals surface area contributed by atoms with Crippen molar-refractivity contribution in [1.29, 1.82) is 0 Å². The molecule has 1 atom stereocenters. The summed E-state index contributed by atoms with van der Waals surface area (Å²) in [5.41, 5.74) is 0.231. The largest absolute Gasteiger partial charge is 0.480 e. The predicted molar refractivity (Wildman–Crippen MR) is 115 cm³/mol. The molecule has 1 aliphatic rings. The third-order valence-electron chi connectivity index (χ3n) is 3.82. The number of hydrogen-bond donors (Lipinski definition) is 2. The van der Waals surface area contributed by atoms with Crippen LogP contribution in [0.3, 0.4) is 0 Å². The highest BCUT2D eigenvalue weighted by molar-refractivity contribution is 9.09. The van der Waals surface area contributed by atoms with Gasteiger partial charge in [-0.1, -0.05) is 39.7 Å². The normalized spacial score (nSPS) is 17.2. The molecule has 12 heteroatoms. The minimum Gasteiger partial charge on any atom is -0.480 e. The van der Waals surface area contributed by atoms with E-state index in [0.717, 1.165) is 17.8 Å². The van der Waals surface area contributed by atoms with Crippen molar-refractivity contribution in [1.82, 2.24) is 5.32 Å². The number of nitro groups is 1. The number of nitrogens with one attached hydrogen (secondary N) is 1. The van der Waals surface area contributed by atoms with E-state index in [9.17, 15) is 24.1 Å². The van der Waals surface area contributed by atoms with Crippen LogP contribution in [-0.2, 0) is 9.59 Å². The Morgan fingerprint density at radius 3 is 2.73 bits per heavy atom. The molecule has 1 fully saturated rings. The van der Waals surface area contributed by atoms with Gasteiger partial charge in [0.25, 0.3) is 11.6 Å². The zero-order valence-corrected chi connectivity index (χ0v) is 17.8. The molecule has 2 N–H and O–H groups in total. The molecule has 154 valence electrons. The lowest BCUT2D eigenvalue weighted by atomic mass is 10.1. The highest BCUT2D eigenvalue weighted by atomic mass is 79.9. The predicted octanol–water partition coefficient (Wildman–Crippen LogP) is 4.80. The maximum Gasteiger partial charge on any atom is 0.321 e. The van der Waals surface area contributed by atoms with Gasteiger partial charge < -0.3 is 10.4 Å². The minimum atomic E-state index is -1.23. The van der Waals surface area contributed by atoms with E-state index in [-0.39, 0.29) is 32.0 Å².